The number of Topliss-reactive ketones (excluding diaryl/α,β-unsaturated/α-hetero) is 1. The number of β-lactam (4-membered cyclic amide) rings is 1. The number of amides is 2. The molecule has 14 heteroatoms. The van der Waals surface area contributed by atoms with E-state index in [1.165, 1.54) is 0 Å². The predicted octanol–water partition coefficient (Wildman–Crippen LogP) is -3.43. The highest BCUT2D eigenvalue weighted by molar-refractivity contribution is 7.84. The molecule has 148 valence electrons. The molecule has 0 spiro atoms. The number of carbonyl (C=O) groups is 4. The number of ketones is 1. The molecular weight excluding hydrogens is 376 g/mol. The van der Waals surface area contributed by atoms with Crippen LogP contribution in [0.4, 0.5) is 0 Å². The van der Waals surface area contributed by atoms with Gasteiger partial charge in [0, 0.05) is 20.0 Å². The van der Waals surface area contributed by atoms with Crippen LogP contribution in [-0.4, -0.2) is 77.4 Å². The minimum atomic E-state index is -4.79. The van der Waals surface area contributed by atoms with Crippen LogP contribution in [0.25, 0.3) is 0 Å². The highest BCUT2D eigenvalue weighted by Gasteiger charge is 2.59. The van der Waals surface area contributed by atoms with Crippen molar-refractivity contribution in [3.05, 3.63) is 0 Å². The van der Waals surface area contributed by atoms with E-state index in [4.69, 9.17) is 25.9 Å². The summed E-state index contributed by atoms with van der Waals surface area (Å²) < 4.78 is 35.6. The number of carboxylic acid groups (broad SMARTS) is 1. The fraction of sp³-hybridized carbons (Fsp3) is 0.667. The number of nitrogens with two attached hydrogens (primary N) is 2. The average Bonchev–Trinajstić information content (AvgIpc) is 2.53. The number of nitrogens with one attached hydrogen (secondary N) is 1. The van der Waals surface area contributed by atoms with Crippen LogP contribution in [0.1, 0.15) is 19.3 Å². The average molecular weight is 396 g/mol. The highest BCUT2D eigenvalue weighted by atomic mass is 32.2. The fourth-order valence-corrected chi connectivity index (χ4v) is 2.81. The first-order chi connectivity index (χ1) is 11.8. The van der Waals surface area contributed by atoms with Crippen molar-refractivity contribution in [2.45, 2.75) is 37.1 Å². The lowest BCUT2D eigenvalue weighted by molar-refractivity contribution is -0.180. The molecule has 0 unspecified atom stereocenters. The maximum absolute atomic E-state index is 12.0. The number of ether oxygens (including phenoxy) is 1. The van der Waals surface area contributed by atoms with E-state index < -0.39 is 64.6 Å². The molecule has 0 aliphatic carbocycles. The van der Waals surface area contributed by atoms with Gasteiger partial charge in [-0.25, -0.2) is 4.31 Å². The molecule has 3 atom stereocenters. The molecule has 2 amide bonds. The quantitative estimate of drug-likeness (QED) is 0.139. The lowest BCUT2D eigenvalue weighted by Gasteiger charge is -2.45. The summed E-state index contributed by atoms with van der Waals surface area (Å²) in [7, 11) is -3.76. The van der Waals surface area contributed by atoms with Crippen molar-refractivity contribution in [1.29, 1.82) is 0 Å². The van der Waals surface area contributed by atoms with Gasteiger partial charge < -0.3 is 26.6 Å². The number of hydrogen-bond acceptors (Lipinski definition) is 9. The second-order valence-electron chi connectivity index (χ2n) is 5.64. The second-order valence-corrected chi connectivity index (χ2v) is 6.98. The summed E-state index contributed by atoms with van der Waals surface area (Å²) >= 11 is 0. The van der Waals surface area contributed by atoms with Crippen LogP contribution in [0, 0.1) is 0 Å². The minimum absolute atomic E-state index is 0.0841. The van der Waals surface area contributed by atoms with E-state index in [9.17, 15) is 27.6 Å². The van der Waals surface area contributed by atoms with Crippen molar-refractivity contribution in [1.82, 2.24) is 9.62 Å². The third kappa shape index (κ3) is 4.95. The van der Waals surface area contributed by atoms with E-state index in [2.05, 4.69) is 5.32 Å². The first kappa shape index (κ1) is 21.9. The van der Waals surface area contributed by atoms with Crippen LogP contribution in [0.5, 0.6) is 0 Å². The summed E-state index contributed by atoms with van der Waals surface area (Å²) in [5, 5.41) is 10.7. The lowest BCUT2D eigenvalue weighted by atomic mass is 10.0. The number of aliphatic carboxylic acids is 1. The predicted molar refractivity (Wildman–Crippen MR) is 83.6 cm³/mol. The van der Waals surface area contributed by atoms with Crippen molar-refractivity contribution in [3.63, 3.8) is 0 Å². The van der Waals surface area contributed by atoms with Crippen LogP contribution < -0.4 is 16.8 Å². The minimum Gasteiger partial charge on any atom is -0.480 e. The Morgan fingerprint density at radius 2 is 1.92 bits per heavy atom. The Kier molecular flexibility index (Phi) is 6.78. The van der Waals surface area contributed by atoms with Crippen LogP contribution in [-0.2, 0) is 34.2 Å². The van der Waals surface area contributed by atoms with E-state index in [0.29, 0.717) is 0 Å². The Labute approximate surface area is 148 Å². The Balaban J connectivity index is 2.60. The van der Waals surface area contributed by atoms with Crippen LogP contribution in [0.2, 0.25) is 0 Å². The zero-order valence-corrected chi connectivity index (χ0v) is 14.6. The SMILES string of the molecule is CO[C@]1(NC(=O)[C@@H](N)CC(=O)CC[C@@H](N)C(=O)O)CN(S(=O)(=O)O)C1=O. The van der Waals surface area contributed by atoms with Gasteiger partial charge in [0.2, 0.25) is 11.6 Å². The van der Waals surface area contributed by atoms with Gasteiger partial charge in [-0.3, -0.25) is 23.7 Å². The summed E-state index contributed by atoms with van der Waals surface area (Å²) in [4.78, 5) is 46.2. The Morgan fingerprint density at radius 1 is 1.35 bits per heavy atom. The molecule has 13 nitrogen and oxygen atoms in total. The molecule has 1 aliphatic heterocycles. The van der Waals surface area contributed by atoms with Gasteiger partial charge in [0.1, 0.15) is 11.8 Å². The van der Waals surface area contributed by atoms with Crippen molar-refractivity contribution in [2.24, 2.45) is 11.5 Å². The summed E-state index contributed by atoms with van der Waals surface area (Å²) in [6.07, 6.45) is -0.792. The molecule has 1 rings (SSSR count). The molecule has 0 aromatic carbocycles. The number of methoxy groups -OCH3 is 1. The summed E-state index contributed by atoms with van der Waals surface area (Å²) in [5.74, 6) is -3.98. The maximum Gasteiger partial charge on any atom is 0.362 e. The van der Waals surface area contributed by atoms with Crippen LogP contribution in [0.3, 0.4) is 0 Å². The highest BCUT2D eigenvalue weighted by Crippen LogP contribution is 2.26. The van der Waals surface area contributed by atoms with E-state index in [0.717, 1.165) is 7.11 Å². The number of hydrogen-bond donors (Lipinski definition) is 5. The third-order valence-electron chi connectivity index (χ3n) is 3.73. The number of carbonyl (C=O) groups excluding carboxylic acids is 3. The van der Waals surface area contributed by atoms with E-state index >= 15 is 0 Å². The zero-order chi connectivity index (χ0) is 20.3. The summed E-state index contributed by atoms with van der Waals surface area (Å²) in [6.45, 7) is -0.666. The summed E-state index contributed by atoms with van der Waals surface area (Å²) in [5.41, 5.74) is 8.80. The molecular formula is C12H20N4O9S. The molecule has 0 radical (unpaired) electrons. The fourth-order valence-electron chi connectivity index (χ4n) is 2.11. The lowest BCUT2D eigenvalue weighted by Crippen LogP contribution is -2.76. The van der Waals surface area contributed by atoms with E-state index in [1.54, 1.807) is 0 Å². The molecule has 1 aliphatic rings. The first-order valence-electron chi connectivity index (χ1n) is 7.26. The Bertz CT molecular complexity index is 709. The normalized spacial score (nSPS) is 22.3. The van der Waals surface area contributed by atoms with Gasteiger partial charge in [-0.15, -0.1) is 0 Å². The molecule has 1 saturated heterocycles. The van der Waals surface area contributed by atoms with E-state index in [-0.39, 0.29) is 17.1 Å². The largest absolute Gasteiger partial charge is 0.480 e. The molecule has 1 heterocycles. The topological polar surface area (TPSA) is 219 Å². The molecule has 0 bridgehead atoms. The molecule has 26 heavy (non-hydrogen) atoms. The van der Waals surface area contributed by atoms with Gasteiger partial charge in [-0.2, -0.15) is 8.42 Å². The molecule has 0 aromatic rings. The van der Waals surface area contributed by atoms with Crippen molar-refractivity contribution in [3.8, 4) is 0 Å². The first-order valence-corrected chi connectivity index (χ1v) is 8.66. The number of nitrogens with zero attached hydrogens (tertiary/aromatic N) is 1. The number of rotatable bonds is 10. The monoisotopic (exact) mass is 396 g/mol. The van der Waals surface area contributed by atoms with E-state index in [1.807, 2.05) is 0 Å². The van der Waals surface area contributed by atoms with Crippen LogP contribution >= 0.6 is 0 Å². The van der Waals surface area contributed by atoms with Gasteiger partial charge in [-0.1, -0.05) is 0 Å². The molecule has 0 saturated carbocycles. The maximum atomic E-state index is 12.0. The van der Waals surface area contributed by atoms with Crippen molar-refractivity contribution >= 4 is 33.9 Å². The Hall–Kier alpha value is -2.13. The molecule has 1 fully saturated rings. The van der Waals surface area contributed by atoms with Gasteiger partial charge in [0.05, 0.1) is 12.6 Å². The number of carboxylic acids is 1. The van der Waals surface area contributed by atoms with Gasteiger partial charge in [-0.05, 0) is 6.42 Å². The molecule has 7 N–H and O–H groups in total. The second kappa shape index (κ2) is 8.05. The van der Waals surface area contributed by atoms with Crippen molar-refractivity contribution < 1.29 is 42.0 Å². The van der Waals surface area contributed by atoms with Gasteiger partial charge in [0.25, 0.3) is 5.91 Å². The summed E-state index contributed by atoms with van der Waals surface area (Å²) in [6, 6.07) is -2.61. The third-order valence-corrected chi connectivity index (χ3v) is 4.58. The van der Waals surface area contributed by atoms with Gasteiger partial charge in [0.15, 0.2) is 0 Å². The van der Waals surface area contributed by atoms with Crippen LogP contribution in [0.15, 0.2) is 0 Å². The van der Waals surface area contributed by atoms with Gasteiger partial charge >= 0.3 is 16.3 Å². The smallest absolute Gasteiger partial charge is 0.362 e. The zero-order valence-electron chi connectivity index (χ0n) is 13.7. The Morgan fingerprint density at radius 3 is 2.35 bits per heavy atom. The standard InChI is InChI=1S/C12H20N4O9S/c1-25-12(5-16(11(12)21)26(22,23)24)15-9(18)8(14)4-6(17)2-3-7(13)10(19)20/h7-8H,2-5,13-14H2,1H3,(H,15,18)(H,19,20)(H,22,23,24)/t7-,8+,12-/m1/s1. The van der Waals surface area contributed by atoms with Crippen molar-refractivity contribution in [2.75, 3.05) is 13.7 Å². The molecule has 0 aromatic heterocycles.